The van der Waals surface area contributed by atoms with Crippen molar-refractivity contribution < 1.29 is 4.79 Å². The first-order valence-electron chi connectivity index (χ1n) is 11.3. The van der Waals surface area contributed by atoms with Gasteiger partial charge in [-0.3, -0.25) is 4.79 Å². The molecule has 1 fully saturated rings. The number of fused-ring (bicyclic) bond motifs is 1. The quantitative estimate of drug-likeness (QED) is 0.418. The van der Waals surface area contributed by atoms with Crippen molar-refractivity contribution in [3.05, 3.63) is 83.4 Å². The van der Waals surface area contributed by atoms with Crippen LogP contribution in [0.1, 0.15) is 36.4 Å². The zero-order chi connectivity index (χ0) is 23.5. The van der Waals surface area contributed by atoms with Crippen molar-refractivity contribution in [1.82, 2.24) is 15.0 Å². The van der Waals surface area contributed by atoms with Gasteiger partial charge in [-0.05, 0) is 42.0 Å². The summed E-state index contributed by atoms with van der Waals surface area (Å²) in [6.07, 6.45) is 5.23. The fourth-order valence-corrected chi connectivity index (χ4v) is 5.38. The molecule has 1 amide bonds. The van der Waals surface area contributed by atoms with Crippen molar-refractivity contribution in [2.45, 2.75) is 30.5 Å². The highest BCUT2D eigenvalue weighted by atomic mass is 32.2. The van der Waals surface area contributed by atoms with E-state index in [1.54, 1.807) is 5.01 Å². The Balaban J connectivity index is 1.45. The average Bonchev–Trinajstić information content (AvgIpc) is 3.24. The number of hydrazone groups is 1. The van der Waals surface area contributed by atoms with E-state index in [0.29, 0.717) is 5.16 Å². The van der Waals surface area contributed by atoms with Crippen molar-refractivity contribution in [1.29, 1.82) is 0 Å². The lowest BCUT2D eigenvalue weighted by Gasteiger charge is -2.29. The van der Waals surface area contributed by atoms with Crippen LogP contribution in [0.15, 0.2) is 82.6 Å². The summed E-state index contributed by atoms with van der Waals surface area (Å²) < 4.78 is 0. The number of allylic oxidation sites excluding steroid dienone is 1. The number of benzene rings is 2. The van der Waals surface area contributed by atoms with Crippen LogP contribution in [0, 0.1) is 5.92 Å². The Hall–Kier alpha value is -3.65. The van der Waals surface area contributed by atoms with Crippen LogP contribution in [-0.2, 0) is 4.79 Å². The van der Waals surface area contributed by atoms with E-state index in [4.69, 9.17) is 16.6 Å². The summed E-state index contributed by atoms with van der Waals surface area (Å²) in [5.74, 6) is 0.789. The summed E-state index contributed by atoms with van der Waals surface area (Å²) >= 11 is 1.22. The summed E-state index contributed by atoms with van der Waals surface area (Å²) in [6, 6.07) is 21.8. The lowest BCUT2D eigenvalue weighted by Crippen LogP contribution is -2.32. The SMILES string of the molecule is Nc1cc(N)nc(SCC(=O)N2N=C3/C(=C\c4ccccc4)CCC[C@H]3[C@@H]2c2ccccc2)n1. The first-order chi connectivity index (χ1) is 16.6. The van der Waals surface area contributed by atoms with Gasteiger partial charge < -0.3 is 11.5 Å². The molecule has 1 saturated carbocycles. The van der Waals surface area contributed by atoms with Gasteiger partial charge in [-0.15, -0.1) is 0 Å². The molecule has 8 heteroatoms. The Morgan fingerprint density at radius 2 is 1.71 bits per heavy atom. The molecular weight excluding hydrogens is 444 g/mol. The van der Waals surface area contributed by atoms with E-state index in [2.05, 4.69) is 40.3 Å². The number of amides is 1. The summed E-state index contributed by atoms with van der Waals surface area (Å²) in [7, 11) is 0. The predicted molar refractivity (Wildman–Crippen MR) is 137 cm³/mol. The summed E-state index contributed by atoms with van der Waals surface area (Å²) in [5.41, 5.74) is 16.0. The molecule has 1 aliphatic heterocycles. The molecule has 4 N–H and O–H groups in total. The van der Waals surface area contributed by atoms with E-state index in [9.17, 15) is 4.79 Å². The van der Waals surface area contributed by atoms with Crippen LogP contribution in [-0.4, -0.2) is 32.3 Å². The number of hydrogen-bond acceptors (Lipinski definition) is 7. The van der Waals surface area contributed by atoms with Crippen molar-refractivity contribution in [2.75, 3.05) is 17.2 Å². The topological polar surface area (TPSA) is 110 Å². The van der Waals surface area contributed by atoms with Crippen LogP contribution in [0.25, 0.3) is 6.08 Å². The minimum Gasteiger partial charge on any atom is -0.383 e. The monoisotopic (exact) mass is 470 g/mol. The van der Waals surface area contributed by atoms with Gasteiger partial charge in [0, 0.05) is 12.0 Å². The van der Waals surface area contributed by atoms with Crippen LogP contribution in [0.3, 0.4) is 0 Å². The highest BCUT2D eigenvalue weighted by Gasteiger charge is 2.43. The molecule has 34 heavy (non-hydrogen) atoms. The number of rotatable bonds is 5. The number of nitrogen functional groups attached to an aromatic ring is 2. The maximum absolute atomic E-state index is 13.4. The molecule has 1 aromatic heterocycles. The molecule has 5 rings (SSSR count). The second-order valence-electron chi connectivity index (χ2n) is 8.45. The zero-order valence-corrected chi connectivity index (χ0v) is 19.5. The highest BCUT2D eigenvalue weighted by molar-refractivity contribution is 7.99. The number of hydrogen-bond donors (Lipinski definition) is 2. The summed E-state index contributed by atoms with van der Waals surface area (Å²) in [5, 5.41) is 6.98. The number of thioether (sulfide) groups is 1. The molecule has 0 bridgehead atoms. The number of carbonyl (C=O) groups is 1. The fraction of sp³-hybridized carbons (Fsp3) is 0.231. The fourth-order valence-electron chi connectivity index (χ4n) is 4.66. The van der Waals surface area contributed by atoms with Crippen molar-refractivity contribution in [3.63, 3.8) is 0 Å². The molecule has 3 aromatic rings. The molecule has 7 nitrogen and oxygen atoms in total. The van der Waals surface area contributed by atoms with Crippen LogP contribution in [0.5, 0.6) is 0 Å². The maximum Gasteiger partial charge on any atom is 0.253 e. The number of anilines is 2. The predicted octanol–water partition coefficient (Wildman–Crippen LogP) is 4.56. The molecule has 2 heterocycles. The van der Waals surface area contributed by atoms with E-state index in [1.807, 2.05) is 36.4 Å². The molecule has 0 spiro atoms. The largest absolute Gasteiger partial charge is 0.383 e. The first kappa shape index (κ1) is 22.2. The van der Waals surface area contributed by atoms with Gasteiger partial charge in [0.25, 0.3) is 5.91 Å². The lowest BCUT2D eigenvalue weighted by atomic mass is 9.77. The summed E-state index contributed by atoms with van der Waals surface area (Å²) in [6.45, 7) is 0. The van der Waals surface area contributed by atoms with E-state index in [-0.39, 0.29) is 35.3 Å². The van der Waals surface area contributed by atoms with E-state index < -0.39 is 0 Å². The zero-order valence-electron chi connectivity index (χ0n) is 18.7. The third-order valence-corrected chi connectivity index (χ3v) is 6.94. The molecule has 1 aliphatic carbocycles. The number of nitrogens with two attached hydrogens (primary N) is 2. The third kappa shape index (κ3) is 4.68. The van der Waals surface area contributed by atoms with Crippen LogP contribution in [0.4, 0.5) is 11.6 Å². The molecule has 2 aliphatic rings. The van der Waals surface area contributed by atoms with Crippen molar-refractivity contribution >= 4 is 41.1 Å². The van der Waals surface area contributed by atoms with Gasteiger partial charge in [-0.2, -0.15) is 5.10 Å². The average molecular weight is 471 g/mol. The molecule has 0 unspecified atom stereocenters. The number of aromatic nitrogens is 2. The Morgan fingerprint density at radius 1 is 1.03 bits per heavy atom. The first-order valence-corrected chi connectivity index (χ1v) is 12.3. The Labute approximate surface area is 203 Å². The Morgan fingerprint density at radius 3 is 2.41 bits per heavy atom. The second kappa shape index (κ2) is 9.69. The minimum atomic E-state index is -0.129. The molecule has 2 atom stereocenters. The van der Waals surface area contributed by atoms with Gasteiger partial charge >= 0.3 is 0 Å². The van der Waals surface area contributed by atoms with Gasteiger partial charge in [0.15, 0.2) is 5.16 Å². The van der Waals surface area contributed by atoms with Crippen LogP contribution in [0.2, 0.25) is 0 Å². The Bertz CT molecular complexity index is 1220. The smallest absolute Gasteiger partial charge is 0.253 e. The normalized spacial score (nSPS) is 20.8. The Kier molecular flexibility index (Phi) is 6.31. The van der Waals surface area contributed by atoms with E-state index in [1.165, 1.54) is 23.4 Å². The molecule has 172 valence electrons. The maximum atomic E-state index is 13.4. The van der Waals surface area contributed by atoms with E-state index in [0.717, 1.165) is 36.1 Å². The molecule has 2 aromatic carbocycles. The van der Waals surface area contributed by atoms with Gasteiger partial charge in [-0.1, -0.05) is 72.4 Å². The van der Waals surface area contributed by atoms with E-state index >= 15 is 0 Å². The van der Waals surface area contributed by atoms with Crippen molar-refractivity contribution in [3.8, 4) is 0 Å². The number of nitrogens with zero attached hydrogens (tertiary/aromatic N) is 4. The molecular formula is C26H26N6OS. The summed E-state index contributed by atoms with van der Waals surface area (Å²) in [4.78, 5) is 21.8. The van der Waals surface area contributed by atoms with Gasteiger partial charge in [0.05, 0.1) is 17.5 Å². The van der Waals surface area contributed by atoms with Gasteiger partial charge in [0.1, 0.15) is 11.6 Å². The highest BCUT2D eigenvalue weighted by Crippen LogP contribution is 2.44. The lowest BCUT2D eigenvalue weighted by molar-refractivity contribution is -0.130. The molecule has 0 saturated heterocycles. The van der Waals surface area contributed by atoms with Gasteiger partial charge in [0.2, 0.25) is 0 Å². The second-order valence-corrected chi connectivity index (χ2v) is 9.39. The van der Waals surface area contributed by atoms with Crippen LogP contribution >= 0.6 is 11.8 Å². The van der Waals surface area contributed by atoms with Crippen molar-refractivity contribution in [2.24, 2.45) is 11.0 Å². The minimum absolute atomic E-state index is 0.0931. The van der Waals surface area contributed by atoms with Crippen LogP contribution < -0.4 is 11.5 Å². The standard InChI is InChI=1S/C26H26N6OS/c27-21-15-22(28)30-26(29-21)34-16-23(33)32-25(18-10-5-2-6-11-18)20-13-7-12-19(24(20)31-32)14-17-8-3-1-4-9-17/h1-6,8-11,14-15,20,25H,7,12-13,16H2,(H4,27,28,29,30)/b19-14-/t20-,25+/m1/s1. The molecule has 0 radical (unpaired) electrons. The number of carbonyl (C=O) groups excluding carboxylic acids is 1. The third-order valence-electron chi connectivity index (χ3n) is 6.11. The van der Waals surface area contributed by atoms with Gasteiger partial charge in [-0.25, -0.2) is 15.0 Å².